The maximum absolute atomic E-state index is 4.36. The van der Waals surface area contributed by atoms with Gasteiger partial charge in [0.05, 0.1) is 11.4 Å². The van der Waals surface area contributed by atoms with Gasteiger partial charge in [-0.15, -0.1) is 0 Å². The van der Waals surface area contributed by atoms with E-state index in [9.17, 15) is 0 Å². The van der Waals surface area contributed by atoms with Gasteiger partial charge in [0.2, 0.25) is 0 Å². The van der Waals surface area contributed by atoms with Crippen molar-refractivity contribution in [1.82, 2.24) is 19.7 Å². The molecule has 0 saturated carbocycles. The molecule has 16 heavy (non-hydrogen) atoms. The maximum Gasteiger partial charge on any atom is 0.116 e. The van der Waals surface area contributed by atoms with Crippen LogP contribution >= 0.6 is 0 Å². The van der Waals surface area contributed by atoms with Gasteiger partial charge in [-0.2, -0.15) is 5.10 Å². The second-order valence-corrected chi connectivity index (χ2v) is 4.00. The zero-order chi connectivity index (χ0) is 11.5. The molecule has 0 aliphatic rings. The topological polar surface area (TPSA) is 43.6 Å². The van der Waals surface area contributed by atoms with E-state index in [1.165, 1.54) is 0 Å². The minimum Gasteiger partial charge on any atom is -0.261 e. The average Bonchev–Trinajstić information content (AvgIpc) is 2.77. The van der Waals surface area contributed by atoms with Crippen LogP contribution in [-0.2, 0) is 6.42 Å². The summed E-state index contributed by atoms with van der Waals surface area (Å²) in [5.41, 5.74) is 3.21. The average molecular weight is 216 g/mol. The normalized spacial score (nSPS) is 11.0. The van der Waals surface area contributed by atoms with Crippen LogP contribution in [0.5, 0.6) is 0 Å². The Morgan fingerprint density at radius 2 is 2.19 bits per heavy atom. The molecule has 0 radical (unpaired) electrons. The Bertz CT molecular complexity index is 473. The van der Waals surface area contributed by atoms with Crippen LogP contribution in [0.4, 0.5) is 0 Å². The van der Waals surface area contributed by atoms with E-state index in [4.69, 9.17) is 0 Å². The molecule has 4 nitrogen and oxygen atoms in total. The minimum absolute atomic E-state index is 0.338. The quantitative estimate of drug-likeness (QED) is 0.791. The van der Waals surface area contributed by atoms with Crippen molar-refractivity contribution in [2.45, 2.75) is 33.2 Å². The molecule has 0 saturated heterocycles. The highest BCUT2D eigenvalue weighted by atomic mass is 15.3. The van der Waals surface area contributed by atoms with Crippen LogP contribution in [0, 0.1) is 0 Å². The van der Waals surface area contributed by atoms with E-state index in [-0.39, 0.29) is 0 Å². The van der Waals surface area contributed by atoms with Gasteiger partial charge in [0.25, 0.3) is 0 Å². The summed E-state index contributed by atoms with van der Waals surface area (Å²) in [6, 6.07) is 2.34. The molecule has 2 aromatic rings. The van der Waals surface area contributed by atoms with Crippen LogP contribution in [0.25, 0.3) is 11.4 Å². The van der Waals surface area contributed by atoms with Crippen LogP contribution in [0.1, 0.15) is 32.4 Å². The standard InChI is InChI=1S/C12H16N4/c1-4-10-7-13-8-14-12(10)11-5-6-15-16(11)9(2)3/h5-9H,4H2,1-3H3. The summed E-state index contributed by atoms with van der Waals surface area (Å²) in [6.07, 6.45) is 6.21. The monoisotopic (exact) mass is 216 g/mol. The molecule has 0 N–H and O–H groups in total. The highest BCUT2D eigenvalue weighted by Gasteiger charge is 2.12. The number of nitrogens with zero attached hydrogens (tertiary/aromatic N) is 4. The zero-order valence-electron chi connectivity index (χ0n) is 9.88. The van der Waals surface area contributed by atoms with Gasteiger partial charge in [0.1, 0.15) is 6.33 Å². The molecular formula is C12H16N4. The Kier molecular flexibility index (Phi) is 2.99. The molecule has 0 spiro atoms. The lowest BCUT2D eigenvalue weighted by molar-refractivity contribution is 0.537. The largest absolute Gasteiger partial charge is 0.261 e. The predicted molar refractivity (Wildman–Crippen MR) is 63.0 cm³/mol. The smallest absolute Gasteiger partial charge is 0.116 e. The molecule has 84 valence electrons. The molecule has 0 unspecified atom stereocenters. The number of rotatable bonds is 3. The van der Waals surface area contributed by atoms with Crippen LogP contribution in [-0.4, -0.2) is 19.7 Å². The van der Waals surface area contributed by atoms with Gasteiger partial charge in [-0.1, -0.05) is 6.92 Å². The zero-order valence-corrected chi connectivity index (χ0v) is 9.88. The van der Waals surface area contributed by atoms with Gasteiger partial charge in [0, 0.05) is 18.4 Å². The van der Waals surface area contributed by atoms with Crippen molar-refractivity contribution >= 4 is 0 Å². The van der Waals surface area contributed by atoms with Crippen molar-refractivity contribution in [3.8, 4) is 11.4 Å². The molecule has 2 rings (SSSR count). The Hall–Kier alpha value is -1.71. The van der Waals surface area contributed by atoms with Crippen molar-refractivity contribution in [3.05, 3.63) is 30.4 Å². The minimum atomic E-state index is 0.338. The first-order chi connectivity index (χ1) is 7.74. The van der Waals surface area contributed by atoms with Crippen molar-refractivity contribution in [1.29, 1.82) is 0 Å². The number of hydrogen-bond donors (Lipinski definition) is 0. The van der Waals surface area contributed by atoms with Crippen molar-refractivity contribution < 1.29 is 0 Å². The summed E-state index contributed by atoms with van der Waals surface area (Å²) in [5.74, 6) is 0. The van der Waals surface area contributed by atoms with E-state index in [2.05, 4.69) is 35.8 Å². The van der Waals surface area contributed by atoms with E-state index in [0.717, 1.165) is 23.4 Å². The first-order valence-corrected chi connectivity index (χ1v) is 5.56. The molecule has 0 fully saturated rings. The van der Waals surface area contributed by atoms with Gasteiger partial charge >= 0.3 is 0 Å². The molecule has 0 bridgehead atoms. The lowest BCUT2D eigenvalue weighted by atomic mass is 10.1. The van der Waals surface area contributed by atoms with Crippen LogP contribution < -0.4 is 0 Å². The van der Waals surface area contributed by atoms with Crippen molar-refractivity contribution in [3.63, 3.8) is 0 Å². The van der Waals surface area contributed by atoms with Gasteiger partial charge in [-0.25, -0.2) is 9.97 Å². The molecule has 0 amide bonds. The fourth-order valence-electron chi connectivity index (χ4n) is 1.76. The van der Waals surface area contributed by atoms with E-state index in [0.29, 0.717) is 6.04 Å². The molecule has 0 aromatic carbocycles. The Morgan fingerprint density at radius 1 is 1.38 bits per heavy atom. The van der Waals surface area contributed by atoms with Crippen molar-refractivity contribution in [2.75, 3.05) is 0 Å². The second-order valence-electron chi connectivity index (χ2n) is 4.00. The van der Waals surface area contributed by atoms with Gasteiger partial charge in [-0.3, -0.25) is 4.68 Å². The van der Waals surface area contributed by atoms with E-state index < -0.39 is 0 Å². The highest BCUT2D eigenvalue weighted by molar-refractivity contribution is 5.58. The fraction of sp³-hybridized carbons (Fsp3) is 0.417. The number of aryl methyl sites for hydroxylation is 1. The third kappa shape index (κ3) is 1.83. The third-order valence-electron chi connectivity index (χ3n) is 2.57. The van der Waals surface area contributed by atoms with Crippen LogP contribution in [0.2, 0.25) is 0 Å². The summed E-state index contributed by atoms with van der Waals surface area (Å²) >= 11 is 0. The Balaban J connectivity index is 2.54. The molecule has 2 heterocycles. The SMILES string of the molecule is CCc1cncnc1-c1ccnn1C(C)C. The predicted octanol–water partition coefficient (Wildman–Crippen LogP) is 2.48. The summed E-state index contributed by atoms with van der Waals surface area (Å²) in [7, 11) is 0. The first-order valence-electron chi connectivity index (χ1n) is 5.56. The molecular weight excluding hydrogens is 200 g/mol. The molecule has 0 aliphatic heterocycles. The molecule has 2 aromatic heterocycles. The Labute approximate surface area is 95.4 Å². The Morgan fingerprint density at radius 3 is 2.88 bits per heavy atom. The first kappa shape index (κ1) is 10.8. The summed E-state index contributed by atoms with van der Waals surface area (Å²) < 4.78 is 1.99. The van der Waals surface area contributed by atoms with E-state index >= 15 is 0 Å². The highest BCUT2D eigenvalue weighted by Crippen LogP contribution is 2.22. The van der Waals surface area contributed by atoms with Gasteiger partial charge in [-0.05, 0) is 31.9 Å². The lowest BCUT2D eigenvalue weighted by Gasteiger charge is -2.12. The van der Waals surface area contributed by atoms with Gasteiger partial charge < -0.3 is 0 Å². The van der Waals surface area contributed by atoms with Crippen LogP contribution in [0.3, 0.4) is 0 Å². The van der Waals surface area contributed by atoms with Crippen molar-refractivity contribution in [2.24, 2.45) is 0 Å². The molecule has 4 heteroatoms. The van der Waals surface area contributed by atoms with E-state index in [1.54, 1.807) is 6.33 Å². The van der Waals surface area contributed by atoms with Gasteiger partial charge in [0.15, 0.2) is 0 Å². The molecule has 0 atom stereocenters. The summed E-state index contributed by atoms with van der Waals surface area (Å²) in [6.45, 7) is 6.34. The lowest BCUT2D eigenvalue weighted by Crippen LogP contribution is -2.06. The maximum atomic E-state index is 4.36. The number of aromatic nitrogens is 4. The fourth-order valence-corrected chi connectivity index (χ4v) is 1.76. The summed E-state index contributed by atoms with van der Waals surface area (Å²) in [4.78, 5) is 8.42. The third-order valence-corrected chi connectivity index (χ3v) is 2.57. The van der Waals surface area contributed by atoms with Crippen LogP contribution in [0.15, 0.2) is 24.8 Å². The molecule has 0 aliphatic carbocycles. The van der Waals surface area contributed by atoms with E-state index in [1.807, 2.05) is 23.1 Å². The second kappa shape index (κ2) is 4.43. The summed E-state index contributed by atoms with van der Waals surface area (Å²) in [5, 5.41) is 4.32. The number of hydrogen-bond acceptors (Lipinski definition) is 3.